The topological polar surface area (TPSA) is 89.3 Å². The molecule has 1 amide bonds. The molecule has 6 nitrogen and oxygen atoms in total. The Morgan fingerprint density at radius 2 is 2.05 bits per heavy atom. The van der Waals surface area contributed by atoms with Crippen molar-refractivity contribution >= 4 is 15.7 Å². The summed E-state index contributed by atoms with van der Waals surface area (Å²) in [4.78, 5) is 12.0. The van der Waals surface area contributed by atoms with Crippen LogP contribution in [0.25, 0.3) is 11.3 Å². The van der Waals surface area contributed by atoms with Crippen LogP contribution in [0.1, 0.15) is 17.0 Å². The van der Waals surface area contributed by atoms with Gasteiger partial charge in [0.1, 0.15) is 5.69 Å². The first kappa shape index (κ1) is 13.8. The molecule has 0 unspecified atom stereocenters. The molecule has 0 aliphatic carbocycles. The molecule has 1 aliphatic heterocycles. The molecular formula is C14H14N2O4S. The zero-order chi connectivity index (χ0) is 14.9. The lowest BCUT2D eigenvalue weighted by Crippen LogP contribution is -2.35. The van der Waals surface area contributed by atoms with Gasteiger partial charge in [-0.3, -0.25) is 4.79 Å². The highest BCUT2D eigenvalue weighted by Crippen LogP contribution is 2.19. The van der Waals surface area contributed by atoms with Crippen LogP contribution in [0.4, 0.5) is 0 Å². The quantitative estimate of drug-likeness (QED) is 0.922. The van der Waals surface area contributed by atoms with Crippen molar-refractivity contribution in [1.29, 1.82) is 0 Å². The van der Waals surface area contributed by atoms with E-state index in [4.69, 9.17) is 4.52 Å². The molecule has 1 atom stereocenters. The predicted molar refractivity (Wildman–Crippen MR) is 76.5 cm³/mol. The van der Waals surface area contributed by atoms with Crippen molar-refractivity contribution in [1.82, 2.24) is 10.5 Å². The minimum Gasteiger partial charge on any atom is -0.350 e. The number of amides is 1. The zero-order valence-corrected chi connectivity index (χ0v) is 12.0. The van der Waals surface area contributed by atoms with Gasteiger partial charge in [-0.15, -0.1) is 0 Å². The van der Waals surface area contributed by atoms with Crippen molar-refractivity contribution in [2.45, 2.75) is 12.5 Å². The maximum atomic E-state index is 12.0. The van der Waals surface area contributed by atoms with Crippen LogP contribution in [0.3, 0.4) is 0 Å². The molecule has 7 heteroatoms. The van der Waals surface area contributed by atoms with Crippen LogP contribution in [0.5, 0.6) is 0 Å². The van der Waals surface area contributed by atoms with Crippen molar-refractivity contribution in [3.05, 3.63) is 42.2 Å². The van der Waals surface area contributed by atoms with E-state index in [0.717, 1.165) is 5.56 Å². The number of carbonyl (C=O) groups is 1. The minimum atomic E-state index is -3.02. The van der Waals surface area contributed by atoms with Crippen molar-refractivity contribution in [2.75, 3.05) is 11.5 Å². The maximum Gasteiger partial charge on any atom is 0.290 e. The lowest BCUT2D eigenvalue weighted by atomic mass is 10.1. The summed E-state index contributed by atoms with van der Waals surface area (Å²) in [6, 6.07) is 10.5. The summed E-state index contributed by atoms with van der Waals surface area (Å²) in [5.41, 5.74) is 1.42. The highest BCUT2D eigenvalue weighted by atomic mass is 32.2. The van der Waals surface area contributed by atoms with E-state index in [9.17, 15) is 13.2 Å². The second kappa shape index (κ2) is 5.33. The molecule has 1 aromatic heterocycles. The first-order chi connectivity index (χ1) is 10.0. The van der Waals surface area contributed by atoms with Gasteiger partial charge in [0.2, 0.25) is 5.76 Å². The number of carbonyl (C=O) groups excluding carboxylic acids is 1. The van der Waals surface area contributed by atoms with Crippen molar-refractivity contribution in [2.24, 2.45) is 0 Å². The monoisotopic (exact) mass is 306 g/mol. The van der Waals surface area contributed by atoms with E-state index >= 15 is 0 Å². The first-order valence-electron chi connectivity index (χ1n) is 6.57. The lowest BCUT2D eigenvalue weighted by molar-refractivity contribution is 0.0904. The number of rotatable bonds is 3. The SMILES string of the molecule is O=C(N[C@@H]1CCS(=O)(=O)C1)c1cc(-c2ccccc2)no1. The van der Waals surface area contributed by atoms with Gasteiger partial charge < -0.3 is 9.84 Å². The fourth-order valence-electron chi connectivity index (χ4n) is 2.29. The van der Waals surface area contributed by atoms with Gasteiger partial charge >= 0.3 is 0 Å². The minimum absolute atomic E-state index is 0.0155. The van der Waals surface area contributed by atoms with E-state index in [-0.39, 0.29) is 23.3 Å². The molecule has 0 spiro atoms. The Kier molecular flexibility index (Phi) is 3.50. The summed E-state index contributed by atoms with van der Waals surface area (Å²) in [6.45, 7) is 0. The highest BCUT2D eigenvalue weighted by molar-refractivity contribution is 7.91. The predicted octanol–water partition coefficient (Wildman–Crippen LogP) is 1.26. The van der Waals surface area contributed by atoms with Gasteiger partial charge in [0, 0.05) is 17.7 Å². The van der Waals surface area contributed by atoms with Crippen LogP contribution >= 0.6 is 0 Å². The Labute approximate surface area is 122 Å². The standard InChI is InChI=1S/C14H14N2O4S/c17-14(15-11-6-7-21(18,19)9-11)13-8-12(16-20-13)10-4-2-1-3-5-10/h1-5,8,11H,6-7,9H2,(H,15,17)/t11-/m1/s1. The molecule has 2 heterocycles. The van der Waals surface area contributed by atoms with E-state index < -0.39 is 15.7 Å². The molecule has 0 radical (unpaired) electrons. The number of sulfone groups is 1. The third kappa shape index (κ3) is 3.13. The molecule has 21 heavy (non-hydrogen) atoms. The molecule has 0 bridgehead atoms. The summed E-state index contributed by atoms with van der Waals surface area (Å²) in [5.74, 6) is -0.257. The molecule has 2 aromatic rings. The van der Waals surface area contributed by atoms with E-state index in [0.29, 0.717) is 12.1 Å². The van der Waals surface area contributed by atoms with Gasteiger partial charge in [0.05, 0.1) is 11.5 Å². The summed E-state index contributed by atoms with van der Waals surface area (Å²) in [7, 11) is -3.02. The Morgan fingerprint density at radius 3 is 2.71 bits per heavy atom. The largest absolute Gasteiger partial charge is 0.350 e. The molecule has 1 N–H and O–H groups in total. The third-order valence-electron chi connectivity index (χ3n) is 3.37. The Balaban J connectivity index is 1.70. The molecule has 1 saturated heterocycles. The van der Waals surface area contributed by atoms with Crippen molar-refractivity contribution < 1.29 is 17.7 Å². The van der Waals surface area contributed by atoms with E-state index in [1.54, 1.807) is 6.07 Å². The molecule has 110 valence electrons. The van der Waals surface area contributed by atoms with Gasteiger partial charge in [-0.05, 0) is 6.42 Å². The Morgan fingerprint density at radius 1 is 1.29 bits per heavy atom. The molecule has 1 aromatic carbocycles. The summed E-state index contributed by atoms with van der Waals surface area (Å²) in [6.07, 6.45) is 0.438. The molecular weight excluding hydrogens is 292 g/mol. The van der Waals surface area contributed by atoms with Crippen LogP contribution in [0.15, 0.2) is 40.9 Å². The number of nitrogens with one attached hydrogen (secondary N) is 1. The summed E-state index contributed by atoms with van der Waals surface area (Å²) < 4.78 is 27.8. The van der Waals surface area contributed by atoms with E-state index in [1.165, 1.54) is 0 Å². The highest BCUT2D eigenvalue weighted by Gasteiger charge is 2.30. The smallest absolute Gasteiger partial charge is 0.290 e. The van der Waals surface area contributed by atoms with Gasteiger partial charge in [-0.2, -0.15) is 0 Å². The fourth-order valence-corrected chi connectivity index (χ4v) is 3.97. The maximum absolute atomic E-state index is 12.0. The first-order valence-corrected chi connectivity index (χ1v) is 8.39. The number of hydrogen-bond donors (Lipinski definition) is 1. The summed E-state index contributed by atoms with van der Waals surface area (Å²) >= 11 is 0. The van der Waals surface area contributed by atoms with Crippen LogP contribution in [-0.4, -0.2) is 37.0 Å². The molecule has 1 aliphatic rings. The second-order valence-corrected chi connectivity index (χ2v) is 7.24. The molecule has 3 rings (SSSR count). The number of aromatic nitrogens is 1. The molecule has 1 fully saturated rings. The van der Waals surface area contributed by atoms with E-state index in [2.05, 4.69) is 10.5 Å². The van der Waals surface area contributed by atoms with Gasteiger partial charge in [0.15, 0.2) is 9.84 Å². The zero-order valence-electron chi connectivity index (χ0n) is 11.2. The van der Waals surface area contributed by atoms with Gasteiger partial charge in [0.25, 0.3) is 5.91 Å². The Bertz CT molecular complexity index is 752. The lowest BCUT2D eigenvalue weighted by Gasteiger charge is -2.07. The average molecular weight is 306 g/mol. The normalized spacial score (nSPS) is 20.3. The van der Waals surface area contributed by atoms with Gasteiger partial charge in [-0.25, -0.2) is 8.42 Å². The van der Waals surface area contributed by atoms with Crippen LogP contribution in [0.2, 0.25) is 0 Å². The number of benzene rings is 1. The number of hydrogen-bond acceptors (Lipinski definition) is 5. The summed E-state index contributed by atoms with van der Waals surface area (Å²) in [5, 5.41) is 6.52. The van der Waals surface area contributed by atoms with Crippen LogP contribution in [0, 0.1) is 0 Å². The van der Waals surface area contributed by atoms with Crippen LogP contribution in [-0.2, 0) is 9.84 Å². The number of nitrogens with zero attached hydrogens (tertiary/aromatic N) is 1. The molecule has 0 saturated carbocycles. The van der Waals surface area contributed by atoms with Gasteiger partial charge in [-0.1, -0.05) is 35.5 Å². The van der Waals surface area contributed by atoms with Crippen molar-refractivity contribution in [3.8, 4) is 11.3 Å². The van der Waals surface area contributed by atoms with Crippen molar-refractivity contribution in [3.63, 3.8) is 0 Å². The van der Waals surface area contributed by atoms with Crippen LogP contribution < -0.4 is 5.32 Å². The third-order valence-corrected chi connectivity index (χ3v) is 5.14. The fraction of sp³-hybridized carbons (Fsp3) is 0.286. The second-order valence-electron chi connectivity index (χ2n) is 5.02. The average Bonchev–Trinajstić information content (AvgIpc) is 3.07. The Hall–Kier alpha value is -2.15. The van der Waals surface area contributed by atoms with E-state index in [1.807, 2.05) is 30.3 Å².